The van der Waals surface area contributed by atoms with Crippen molar-refractivity contribution < 1.29 is 37.6 Å². The Morgan fingerprint density at radius 3 is 1.80 bits per heavy atom. The number of hydrogen-bond donors (Lipinski definition) is 3. The van der Waals surface area contributed by atoms with Crippen molar-refractivity contribution in [3.05, 3.63) is 24.8 Å². The monoisotopic (exact) mass is 526 g/mol. The number of allylic oxidation sites excluding steroid dienone is 3. The molecule has 0 aliphatic carbocycles. The second-order valence-corrected chi connectivity index (χ2v) is 10.4. The Morgan fingerprint density at radius 1 is 0.886 bits per heavy atom. The minimum absolute atomic E-state index is 0. The quantitative estimate of drug-likeness (QED) is 0.0591. The first-order chi connectivity index (χ1) is 16.0. The van der Waals surface area contributed by atoms with Crippen molar-refractivity contribution >= 4 is 57.4 Å². The molecule has 0 heterocycles. The van der Waals surface area contributed by atoms with Gasteiger partial charge in [0.05, 0.1) is 6.42 Å². The summed E-state index contributed by atoms with van der Waals surface area (Å²) in [5.41, 5.74) is 0. The third kappa shape index (κ3) is 13.8. The first-order valence-electron chi connectivity index (χ1n) is 12.3. The van der Waals surface area contributed by atoms with Crippen LogP contribution in [0.4, 0.5) is 0 Å². The summed E-state index contributed by atoms with van der Waals surface area (Å²) in [5.74, 6) is -6.38. The second-order valence-electron chi connectivity index (χ2n) is 8.78. The van der Waals surface area contributed by atoms with Gasteiger partial charge in [0.1, 0.15) is 0 Å². The van der Waals surface area contributed by atoms with E-state index < -0.39 is 44.9 Å². The minimum atomic E-state index is -5.51. The number of carboxylic acid groups (broad SMARTS) is 2. The number of Topliss-reactive ketones (excluding diaryl/α,β-unsaturated/α-hetero) is 1. The Kier molecular flexibility index (Phi) is 20.8. The fourth-order valence-corrected chi connectivity index (χ4v) is 4.93. The van der Waals surface area contributed by atoms with Crippen LogP contribution in [0.2, 0.25) is 0 Å². The molecule has 198 valence electrons. The van der Waals surface area contributed by atoms with E-state index in [1.807, 2.05) is 0 Å². The van der Waals surface area contributed by atoms with E-state index in [1.165, 1.54) is 44.6 Å². The molecule has 0 saturated carbocycles. The molecule has 0 amide bonds. The van der Waals surface area contributed by atoms with Crippen molar-refractivity contribution in [3.63, 3.8) is 0 Å². The Morgan fingerprint density at radius 2 is 1.37 bits per heavy atom. The van der Waals surface area contributed by atoms with Crippen LogP contribution in [0.15, 0.2) is 24.8 Å². The molecule has 0 radical (unpaired) electrons. The van der Waals surface area contributed by atoms with E-state index in [2.05, 4.69) is 25.7 Å². The van der Waals surface area contributed by atoms with Crippen LogP contribution < -0.4 is 0 Å². The van der Waals surface area contributed by atoms with Gasteiger partial charge in [0, 0.05) is 5.92 Å². The Balaban J connectivity index is 0. The number of ketones is 1. The van der Waals surface area contributed by atoms with Gasteiger partial charge in [-0.3, -0.25) is 14.1 Å². The third-order valence-electron chi connectivity index (χ3n) is 5.97. The molecular weight excluding hydrogens is 483 g/mol. The molecule has 0 saturated heterocycles. The molecule has 2 atom stereocenters. The molecular formula is C25H43NaO8S. The Bertz CT molecular complexity index is 778. The molecule has 3 N–H and O–H groups in total. The van der Waals surface area contributed by atoms with E-state index in [9.17, 15) is 32.5 Å². The van der Waals surface area contributed by atoms with Crippen LogP contribution >= 0.6 is 0 Å². The molecule has 0 fully saturated rings. The van der Waals surface area contributed by atoms with Gasteiger partial charge in [-0.2, -0.15) is 8.42 Å². The zero-order valence-electron chi connectivity index (χ0n) is 20.4. The van der Waals surface area contributed by atoms with E-state index in [4.69, 9.17) is 5.11 Å². The fraction of sp³-hybridized carbons (Fsp3) is 0.720. The van der Waals surface area contributed by atoms with E-state index in [-0.39, 0.29) is 42.4 Å². The van der Waals surface area contributed by atoms with Crippen LogP contribution in [0.25, 0.3) is 0 Å². The third-order valence-corrected chi connectivity index (χ3v) is 7.37. The summed E-state index contributed by atoms with van der Waals surface area (Å²) in [5, 5.41) is 18.4. The van der Waals surface area contributed by atoms with Crippen molar-refractivity contribution in [1.29, 1.82) is 0 Å². The molecule has 0 bridgehead atoms. The van der Waals surface area contributed by atoms with Gasteiger partial charge in [-0.25, -0.2) is 4.79 Å². The molecule has 0 aromatic heterocycles. The van der Waals surface area contributed by atoms with Crippen LogP contribution in [-0.4, -0.2) is 75.2 Å². The number of carbonyl (C=O) groups excluding carboxylic acids is 1. The summed E-state index contributed by atoms with van der Waals surface area (Å²) in [6.07, 6.45) is 17.2. The summed E-state index contributed by atoms with van der Waals surface area (Å²) < 4.78 is 29.8. The van der Waals surface area contributed by atoms with Gasteiger partial charge >= 0.3 is 41.5 Å². The zero-order valence-corrected chi connectivity index (χ0v) is 21.2. The summed E-state index contributed by atoms with van der Waals surface area (Å²) in [6, 6.07) is 0. The van der Waals surface area contributed by atoms with Gasteiger partial charge in [-0.1, -0.05) is 76.5 Å². The van der Waals surface area contributed by atoms with Crippen molar-refractivity contribution in [2.75, 3.05) is 0 Å². The second kappa shape index (κ2) is 20.1. The summed E-state index contributed by atoms with van der Waals surface area (Å²) in [7, 11) is -5.51. The standard InChI is InChI=1S/C25H42O8S.Na.H/c1-3-5-6-7-8-9-10-11-12-13-14-15-16-17-19-21(18-4-2)23(28)25(24(29)30,20-22(26)27)34(31,32)33;;/h4,11-12,21H,2-3,5-10,13-20H2,1H3,(H,26,27)(H,29,30)(H,31,32,33);;. The van der Waals surface area contributed by atoms with Crippen LogP contribution in [0.1, 0.15) is 103 Å². The maximum atomic E-state index is 12.9. The predicted molar refractivity (Wildman–Crippen MR) is 139 cm³/mol. The summed E-state index contributed by atoms with van der Waals surface area (Å²) in [6.45, 7) is 5.72. The van der Waals surface area contributed by atoms with E-state index in [0.29, 0.717) is 6.42 Å². The van der Waals surface area contributed by atoms with Crippen molar-refractivity contribution in [1.82, 2.24) is 0 Å². The van der Waals surface area contributed by atoms with Crippen LogP contribution in [0.5, 0.6) is 0 Å². The summed E-state index contributed by atoms with van der Waals surface area (Å²) in [4.78, 5) is 35.7. The molecule has 0 aliphatic rings. The average Bonchev–Trinajstić information content (AvgIpc) is 2.75. The molecule has 0 aliphatic heterocycles. The van der Waals surface area contributed by atoms with Gasteiger partial charge in [0.2, 0.25) is 0 Å². The van der Waals surface area contributed by atoms with Gasteiger partial charge in [-0.15, -0.1) is 6.58 Å². The van der Waals surface area contributed by atoms with Crippen LogP contribution in [0, 0.1) is 5.92 Å². The molecule has 8 nitrogen and oxygen atoms in total. The number of carboxylic acids is 2. The van der Waals surface area contributed by atoms with Gasteiger partial charge < -0.3 is 10.2 Å². The molecule has 35 heavy (non-hydrogen) atoms. The maximum absolute atomic E-state index is 12.9. The fourth-order valence-electron chi connectivity index (χ4n) is 3.98. The topological polar surface area (TPSA) is 146 Å². The number of hydrogen-bond acceptors (Lipinski definition) is 5. The zero-order chi connectivity index (χ0) is 26.0. The number of aliphatic carboxylic acids is 2. The first-order valence-corrected chi connectivity index (χ1v) is 13.7. The molecule has 10 heteroatoms. The van der Waals surface area contributed by atoms with Crippen molar-refractivity contribution in [2.45, 2.75) is 108 Å². The van der Waals surface area contributed by atoms with Crippen molar-refractivity contribution in [3.8, 4) is 0 Å². The Labute approximate surface area is 232 Å². The van der Waals surface area contributed by atoms with E-state index in [0.717, 1.165) is 32.1 Å². The van der Waals surface area contributed by atoms with Crippen LogP contribution in [-0.2, 0) is 24.5 Å². The van der Waals surface area contributed by atoms with Gasteiger partial charge in [0.25, 0.3) is 14.9 Å². The molecule has 0 rings (SSSR count). The Hall–Kier alpha value is -1.00. The normalized spacial score (nSPS) is 14.1. The van der Waals surface area contributed by atoms with Gasteiger partial charge in [-0.05, 0) is 38.5 Å². The van der Waals surface area contributed by atoms with E-state index >= 15 is 0 Å². The molecule has 0 spiro atoms. The summed E-state index contributed by atoms with van der Waals surface area (Å²) >= 11 is 0. The first kappa shape index (κ1) is 36.2. The molecule has 2 unspecified atom stereocenters. The SMILES string of the molecule is C=CCC(CCCCCCC=CCCCCCCCC)C(=O)C(CC(=O)O)(C(=O)O)S(=O)(=O)O.[NaH]. The van der Waals surface area contributed by atoms with E-state index in [1.54, 1.807) is 0 Å². The van der Waals surface area contributed by atoms with Crippen LogP contribution in [0.3, 0.4) is 0 Å². The molecule has 0 aromatic carbocycles. The van der Waals surface area contributed by atoms with Crippen molar-refractivity contribution in [2.24, 2.45) is 5.92 Å². The average molecular weight is 527 g/mol. The number of carbonyl (C=O) groups is 3. The molecule has 0 aromatic rings. The number of unbranched alkanes of at least 4 members (excludes halogenated alkanes) is 10. The van der Waals surface area contributed by atoms with Gasteiger partial charge in [0.15, 0.2) is 5.78 Å². The number of rotatable bonds is 22. The predicted octanol–water partition coefficient (Wildman–Crippen LogP) is 4.93.